The Morgan fingerprint density at radius 3 is 2.78 bits per heavy atom. The van der Waals surface area contributed by atoms with Crippen LogP contribution in [0.25, 0.3) is 0 Å². The monoisotopic (exact) mass is 244 g/mol. The molecule has 1 N–H and O–H groups in total. The van der Waals surface area contributed by atoms with Gasteiger partial charge in [-0.1, -0.05) is 0 Å². The highest BCUT2D eigenvalue weighted by Crippen LogP contribution is 2.39. The van der Waals surface area contributed by atoms with Gasteiger partial charge < -0.3 is 0 Å². The van der Waals surface area contributed by atoms with Crippen LogP contribution in [0.4, 0.5) is 0 Å². The Morgan fingerprint density at radius 2 is 2.22 bits per heavy atom. The molecule has 3 rings (SSSR count). The van der Waals surface area contributed by atoms with Crippen LogP contribution in [0.15, 0.2) is 6.07 Å². The first-order valence-electron chi connectivity index (χ1n) is 6.84. The van der Waals surface area contributed by atoms with E-state index in [1.807, 2.05) is 6.92 Å². The van der Waals surface area contributed by atoms with Crippen LogP contribution in [0.5, 0.6) is 0 Å². The average Bonchev–Trinajstić information content (AvgIpc) is 2.93. The molecule has 2 aliphatic carbocycles. The molecule has 4 nitrogen and oxygen atoms in total. The summed E-state index contributed by atoms with van der Waals surface area (Å²) in [5.74, 6) is 0. The van der Waals surface area contributed by atoms with E-state index in [9.17, 15) is 5.26 Å². The lowest BCUT2D eigenvalue weighted by Gasteiger charge is -2.23. The molecule has 0 saturated heterocycles. The number of nitrogens with zero attached hydrogens (tertiary/aromatic N) is 3. The molecule has 4 heteroatoms. The van der Waals surface area contributed by atoms with E-state index in [1.165, 1.54) is 18.5 Å². The van der Waals surface area contributed by atoms with Crippen LogP contribution in [-0.2, 0) is 0 Å². The van der Waals surface area contributed by atoms with Gasteiger partial charge in [0.15, 0.2) is 0 Å². The third-order valence-corrected chi connectivity index (χ3v) is 4.15. The minimum atomic E-state index is -0.307. The summed E-state index contributed by atoms with van der Waals surface area (Å²) in [5.41, 5.74) is 1.97. The maximum absolute atomic E-state index is 9.49. The highest BCUT2D eigenvalue weighted by atomic mass is 15.3. The molecule has 2 aliphatic rings. The molecular weight excluding hydrogens is 224 g/mol. The quantitative estimate of drug-likeness (QED) is 0.887. The highest BCUT2D eigenvalue weighted by molar-refractivity contribution is 5.16. The first kappa shape index (κ1) is 11.7. The molecule has 0 aromatic carbocycles. The second-order valence-corrected chi connectivity index (χ2v) is 5.88. The molecule has 2 atom stereocenters. The van der Waals surface area contributed by atoms with Crippen LogP contribution in [0.3, 0.4) is 0 Å². The Balaban J connectivity index is 1.77. The minimum Gasteiger partial charge on any atom is -0.297 e. The fourth-order valence-electron chi connectivity index (χ4n) is 3.13. The van der Waals surface area contributed by atoms with Crippen LogP contribution >= 0.6 is 0 Å². The smallest absolute Gasteiger partial charge is 0.109 e. The third kappa shape index (κ3) is 2.04. The summed E-state index contributed by atoms with van der Waals surface area (Å²) in [6.07, 6.45) is 5.35. The lowest BCUT2D eigenvalue weighted by Crippen LogP contribution is -2.43. The summed E-state index contributed by atoms with van der Waals surface area (Å²) >= 11 is 0. The second-order valence-electron chi connectivity index (χ2n) is 5.88. The van der Waals surface area contributed by atoms with E-state index in [2.05, 4.69) is 34.2 Å². The maximum Gasteiger partial charge on any atom is 0.109 e. The highest BCUT2D eigenvalue weighted by Gasteiger charge is 2.43. The number of rotatable bonds is 3. The summed E-state index contributed by atoms with van der Waals surface area (Å²) in [6, 6.07) is 5.60. The van der Waals surface area contributed by atoms with Crippen molar-refractivity contribution >= 4 is 0 Å². The van der Waals surface area contributed by atoms with Crippen molar-refractivity contribution in [2.45, 2.75) is 63.6 Å². The Bertz CT molecular complexity index is 494. The van der Waals surface area contributed by atoms with Gasteiger partial charge in [0.2, 0.25) is 0 Å². The van der Waals surface area contributed by atoms with Crippen LogP contribution < -0.4 is 5.32 Å². The van der Waals surface area contributed by atoms with Crippen LogP contribution in [-0.4, -0.2) is 21.4 Å². The van der Waals surface area contributed by atoms with E-state index in [-0.39, 0.29) is 5.54 Å². The topological polar surface area (TPSA) is 53.6 Å². The fourth-order valence-corrected chi connectivity index (χ4v) is 3.13. The molecule has 1 aromatic heterocycles. The van der Waals surface area contributed by atoms with Gasteiger partial charge in [0.25, 0.3) is 0 Å². The van der Waals surface area contributed by atoms with E-state index in [1.54, 1.807) is 0 Å². The molecule has 2 saturated carbocycles. The Labute approximate surface area is 108 Å². The number of hydrogen-bond acceptors (Lipinski definition) is 3. The molecule has 1 aromatic rings. The van der Waals surface area contributed by atoms with E-state index in [0.29, 0.717) is 12.1 Å². The Kier molecular flexibility index (Phi) is 2.67. The largest absolute Gasteiger partial charge is 0.297 e. The van der Waals surface area contributed by atoms with Crippen molar-refractivity contribution in [1.29, 1.82) is 5.26 Å². The van der Waals surface area contributed by atoms with Crippen LogP contribution in [0, 0.1) is 25.2 Å². The molecule has 1 heterocycles. The minimum absolute atomic E-state index is 0.307. The molecule has 0 bridgehead atoms. The van der Waals surface area contributed by atoms with Gasteiger partial charge in [-0.2, -0.15) is 10.4 Å². The van der Waals surface area contributed by atoms with Gasteiger partial charge >= 0.3 is 0 Å². The molecule has 0 amide bonds. The molecule has 0 spiro atoms. The number of aromatic nitrogens is 2. The summed E-state index contributed by atoms with van der Waals surface area (Å²) in [7, 11) is 0. The lowest BCUT2D eigenvalue weighted by molar-refractivity contribution is 0.382. The normalized spacial score (nSPS) is 31.5. The number of aryl methyl sites for hydroxylation is 2. The number of hydrogen-bond donors (Lipinski definition) is 1. The summed E-state index contributed by atoms with van der Waals surface area (Å²) in [5, 5.41) is 17.6. The predicted octanol–water partition coefficient (Wildman–Crippen LogP) is 2.24. The van der Waals surface area contributed by atoms with Crippen molar-refractivity contribution in [1.82, 2.24) is 15.1 Å². The molecular formula is C14H20N4. The summed E-state index contributed by atoms with van der Waals surface area (Å²) in [6.45, 7) is 4.12. The van der Waals surface area contributed by atoms with E-state index in [4.69, 9.17) is 0 Å². The van der Waals surface area contributed by atoms with E-state index >= 15 is 0 Å². The van der Waals surface area contributed by atoms with Crippen LogP contribution in [0.2, 0.25) is 0 Å². The van der Waals surface area contributed by atoms with Crippen LogP contribution in [0.1, 0.15) is 49.5 Å². The SMILES string of the molecule is Cc1cc(C)n(C2CCC(C#N)(NC3CC3)C2)n1. The summed E-state index contributed by atoms with van der Waals surface area (Å²) < 4.78 is 2.11. The maximum atomic E-state index is 9.49. The van der Waals surface area contributed by atoms with E-state index < -0.39 is 0 Å². The zero-order chi connectivity index (χ0) is 12.8. The van der Waals surface area contributed by atoms with E-state index in [0.717, 1.165) is 25.0 Å². The Morgan fingerprint density at radius 1 is 1.44 bits per heavy atom. The third-order valence-electron chi connectivity index (χ3n) is 4.15. The van der Waals surface area contributed by atoms with Gasteiger partial charge in [-0.05, 0) is 45.6 Å². The van der Waals surface area contributed by atoms with Gasteiger partial charge in [0.05, 0.1) is 17.8 Å². The lowest BCUT2D eigenvalue weighted by atomic mass is 9.99. The number of nitrogens with one attached hydrogen (secondary N) is 1. The van der Waals surface area contributed by atoms with Gasteiger partial charge in [-0.25, -0.2) is 0 Å². The second kappa shape index (κ2) is 4.10. The Hall–Kier alpha value is -1.34. The van der Waals surface area contributed by atoms with Crippen molar-refractivity contribution in [2.75, 3.05) is 0 Å². The first-order valence-corrected chi connectivity index (χ1v) is 6.84. The van der Waals surface area contributed by atoms with Crippen molar-refractivity contribution in [2.24, 2.45) is 0 Å². The molecule has 2 fully saturated rings. The molecule has 0 radical (unpaired) electrons. The molecule has 2 unspecified atom stereocenters. The molecule has 96 valence electrons. The van der Waals surface area contributed by atoms with Gasteiger partial charge in [-0.3, -0.25) is 10.00 Å². The zero-order valence-corrected chi connectivity index (χ0v) is 11.1. The van der Waals surface area contributed by atoms with Gasteiger partial charge in [0, 0.05) is 18.2 Å². The standard InChI is InChI=1S/C14H20N4/c1-10-7-11(2)18(17-10)13-5-6-14(8-13,9-15)16-12-3-4-12/h7,12-13,16H,3-6,8H2,1-2H3. The predicted molar refractivity (Wildman–Crippen MR) is 69.1 cm³/mol. The average molecular weight is 244 g/mol. The first-order chi connectivity index (χ1) is 8.62. The van der Waals surface area contributed by atoms with Crippen molar-refractivity contribution in [3.63, 3.8) is 0 Å². The van der Waals surface area contributed by atoms with Crippen molar-refractivity contribution in [3.8, 4) is 6.07 Å². The van der Waals surface area contributed by atoms with Crippen molar-refractivity contribution in [3.05, 3.63) is 17.5 Å². The zero-order valence-electron chi connectivity index (χ0n) is 11.1. The van der Waals surface area contributed by atoms with Crippen molar-refractivity contribution < 1.29 is 0 Å². The number of nitriles is 1. The fraction of sp³-hybridized carbons (Fsp3) is 0.714. The molecule has 0 aliphatic heterocycles. The van der Waals surface area contributed by atoms with Gasteiger partial charge in [-0.15, -0.1) is 0 Å². The summed E-state index contributed by atoms with van der Waals surface area (Å²) in [4.78, 5) is 0. The van der Waals surface area contributed by atoms with Gasteiger partial charge in [0.1, 0.15) is 5.54 Å². The molecule has 18 heavy (non-hydrogen) atoms.